The summed E-state index contributed by atoms with van der Waals surface area (Å²) in [6, 6.07) is 5.27. The molecule has 2 unspecified atom stereocenters. The van der Waals surface area contributed by atoms with Gasteiger partial charge in [0.25, 0.3) is 0 Å². The van der Waals surface area contributed by atoms with Gasteiger partial charge >= 0.3 is 14.8 Å². The maximum Gasteiger partial charge on any atom is 0.407 e. The summed E-state index contributed by atoms with van der Waals surface area (Å²) in [4.78, 5) is 12.3. The molecule has 0 aromatic heterocycles. The lowest BCUT2D eigenvalue weighted by Crippen LogP contribution is -2.55. The van der Waals surface area contributed by atoms with Crippen LogP contribution in [0.3, 0.4) is 0 Å². The van der Waals surface area contributed by atoms with E-state index in [0.717, 1.165) is 5.56 Å². The summed E-state index contributed by atoms with van der Waals surface area (Å²) >= 11 is 6.10. The van der Waals surface area contributed by atoms with Gasteiger partial charge in [0, 0.05) is 25.7 Å². The second kappa shape index (κ2) is 12.1. The molecular weight excluding hydrogens is 455 g/mol. The molecule has 0 radical (unpaired) electrons. The lowest BCUT2D eigenvalue weighted by molar-refractivity contribution is -0.297. The lowest BCUT2D eigenvalue weighted by Gasteiger charge is -2.44. The van der Waals surface area contributed by atoms with Crippen LogP contribution in [0, 0.1) is 0 Å². The van der Waals surface area contributed by atoms with E-state index in [1.165, 1.54) is 0 Å². The minimum absolute atomic E-state index is 0.207. The Morgan fingerprint density at radius 2 is 1.75 bits per heavy atom. The first kappa shape index (κ1) is 28.6. The Hall–Kier alpha value is -1.44. The molecule has 182 valence electrons. The van der Waals surface area contributed by atoms with Crippen LogP contribution in [0.2, 0.25) is 5.02 Å². The van der Waals surface area contributed by atoms with Gasteiger partial charge in [-0.05, 0) is 72.6 Å². The van der Waals surface area contributed by atoms with Crippen molar-refractivity contribution in [2.75, 3.05) is 25.5 Å². The third kappa shape index (κ3) is 8.16. The van der Waals surface area contributed by atoms with E-state index >= 15 is 0 Å². The number of amides is 1. The Bertz CT molecular complexity index is 767. The van der Waals surface area contributed by atoms with Crippen molar-refractivity contribution in [3.63, 3.8) is 0 Å². The zero-order valence-electron chi connectivity index (χ0n) is 20.0. The van der Waals surface area contributed by atoms with Gasteiger partial charge < -0.3 is 25.3 Å². The van der Waals surface area contributed by atoms with Crippen molar-refractivity contribution in [2.45, 2.75) is 77.8 Å². The maximum atomic E-state index is 12.3. The molecule has 0 saturated carbocycles. The molecule has 1 aromatic rings. The fourth-order valence-corrected chi connectivity index (χ4v) is 3.92. The molecule has 1 rings (SSSR count). The molecule has 3 N–H and O–H groups in total. The standard InChI is InChI=1S/C22H36ClN2O6P/c1-8-28-22(7,29-9-2)21(6,31-32-27)13-16(14-25-19(26)30-20(3,4)5)15-10-11-17(23)18(24)12-15/h10-12,16H,8-9,13-14,24H2,1-7H3,(H,25,26). The van der Waals surface area contributed by atoms with E-state index in [1.54, 1.807) is 46.8 Å². The van der Waals surface area contributed by atoms with Gasteiger partial charge in [-0.1, -0.05) is 17.7 Å². The number of ether oxygens (including phenoxy) is 3. The summed E-state index contributed by atoms with van der Waals surface area (Å²) in [6.07, 6.45) is -0.262. The number of rotatable bonds is 12. The van der Waals surface area contributed by atoms with Gasteiger partial charge in [0.05, 0.1) is 10.7 Å². The Labute approximate surface area is 197 Å². The highest BCUT2D eigenvalue weighted by molar-refractivity contribution is 7.17. The molecule has 32 heavy (non-hydrogen) atoms. The molecule has 1 amide bonds. The Kier molecular flexibility index (Phi) is 10.9. The second-order valence-electron chi connectivity index (χ2n) is 8.77. The Morgan fingerprint density at radius 1 is 1.16 bits per heavy atom. The van der Waals surface area contributed by atoms with Crippen LogP contribution in [-0.4, -0.2) is 42.8 Å². The molecule has 1 aromatic carbocycles. The first-order valence-corrected chi connectivity index (χ1v) is 11.7. The zero-order chi connectivity index (χ0) is 24.6. The normalized spacial score (nSPS) is 15.2. The summed E-state index contributed by atoms with van der Waals surface area (Å²) < 4.78 is 34.4. The number of nitrogens with two attached hydrogens (primary N) is 1. The smallest absolute Gasteiger partial charge is 0.407 e. The van der Waals surface area contributed by atoms with Gasteiger partial charge in [-0.15, -0.1) is 0 Å². The maximum absolute atomic E-state index is 12.3. The minimum atomic E-state index is -1.20. The lowest BCUT2D eigenvalue weighted by atomic mass is 9.82. The molecule has 0 aliphatic rings. The van der Waals surface area contributed by atoms with E-state index in [-0.39, 0.29) is 18.9 Å². The average molecular weight is 491 g/mol. The zero-order valence-corrected chi connectivity index (χ0v) is 21.6. The van der Waals surface area contributed by atoms with Gasteiger partial charge in [0.15, 0.2) is 5.79 Å². The molecule has 0 aliphatic heterocycles. The van der Waals surface area contributed by atoms with Gasteiger partial charge in [0.1, 0.15) is 11.2 Å². The fraction of sp³-hybridized carbons (Fsp3) is 0.682. The second-order valence-corrected chi connectivity index (χ2v) is 9.51. The molecule has 0 bridgehead atoms. The number of benzene rings is 1. The van der Waals surface area contributed by atoms with Gasteiger partial charge in [-0.2, -0.15) is 0 Å². The molecule has 8 nitrogen and oxygen atoms in total. The van der Waals surface area contributed by atoms with E-state index in [1.807, 2.05) is 19.9 Å². The monoisotopic (exact) mass is 490 g/mol. The summed E-state index contributed by atoms with van der Waals surface area (Å²) in [5, 5.41) is 3.23. The van der Waals surface area contributed by atoms with E-state index < -0.39 is 31.8 Å². The van der Waals surface area contributed by atoms with Crippen molar-refractivity contribution in [3.05, 3.63) is 28.8 Å². The third-order valence-electron chi connectivity index (χ3n) is 5.06. The summed E-state index contributed by atoms with van der Waals surface area (Å²) in [7, 11) is -0.520. The average Bonchev–Trinajstić information content (AvgIpc) is 2.66. The number of alkyl carbamates (subject to hydrolysis) is 1. The predicted octanol–water partition coefficient (Wildman–Crippen LogP) is 5.69. The van der Waals surface area contributed by atoms with Crippen LogP contribution < -0.4 is 11.1 Å². The fourth-order valence-electron chi connectivity index (χ4n) is 3.40. The first-order chi connectivity index (χ1) is 14.8. The highest BCUT2D eigenvalue weighted by Gasteiger charge is 2.50. The molecule has 0 spiro atoms. The van der Waals surface area contributed by atoms with Gasteiger partial charge in [0.2, 0.25) is 0 Å². The highest BCUT2D eigenvalue weighted by atomic mass is 35.5. The minimum Gasteiger partial charge on any atom is -0.444 e. The topological polar surface area (TPSA) is 109 Å². The number of hydrogen-bond acceptors (Lipinski definition) is 7. The van der Waals surface area contributed by atoms with E-state index in [2.05, 4.69) is 5.32 Å². The Morgan fingerprint density at radius 3 is 2.22 bits per heavy atom. The SMILES string of the molecule is CCOC(C)(OCC)C(C)(CC(CNC(=O)OC(C)(C)C)c1ccc(Cl)c(N)c1)OP=O. The number of carbonyl (C=O) groups excluding carboxylic acids is 1. The van der Waals surface area contributed by atoms with Crippen LogP contribution >= 0.6 is 20.3 Å². The summed E-state index contributed by atoms with van der Waals surface area (Å²) in [6.45, 7) is 13.5. The molecule has 0 aliphatic carbocycles. The van der Waals surface area contributed by atoms with Crippen molar-refractivity contribution in [3.8, 4) is 0 Å². The van der Waals surface area contributed by atoms with E-state index in [9.17, 15) is 9.36 Å². The molecular formula is C22H36ClN2O6P. The van der Waals surface area contributed by atoms with Crippen molar-refractivity contribution >= 4 is 32.1 Å². The first-order valence-electron chi connectivity index (χ1n) is 10.6. The molecule has 10 heteroatoms. The van der Waals surface area contributed by atoms with Crippen molar-refractivity contribution in [1.82, 2.24) is 5.32 Å². The van der Waals surface area contributed by atoms with Crippen LogP contribution in [0.5, 0.6) is 0 Å². The van der Waals surface area contributed by atoms with Crippen LogP contribution in [0.15, 0.2) is 18.2 Å². The molecule has 0 fully saturated rings. The molecule has 2 atom stereocenters. The van der Waals surface area contributed by atoms with Crippen LogP contribution in [-0.2, 0) is 23.3 Å². The predicted molar refractivity (Wildman–Crippen MR) is 126 cm³/mol. The number of nitrogens with one attached hydrogen (secondary N) is 1. The number of anilines is 1. The van der Waals surface area contributed by atoms with Crippen LogP contribution in [0.1, 0.15) is 66.4 Å². The Balaban J connectivity index is 3.32. The number of carbonyl (C=O) groups is 1. The third-order valence-corrected chi connectivity index (χ3v) is 5.88. The van der Waals surface area contributed by atoms with Gasteiger partial charge in [-0.3, -0.25) is 4.52 Å². The summed E-state index contributed by atoms with van der Waals surface area (Å²) in [5.74, 6) is -1.51. The number of nitrogen functional groups attached to an aromatic ring is 1. The number of halogens is 1. The van der Waals surface area contributed by atoms with E-state index in [4.69, 9.17) is 36.1 Å². The van der Waals surface area contributed by atoms with Gasteiger partial charge in [-0.25, -0.2) is 9.36 Å². The molecule has 0 saturated heterocycles. The van der Waals surface area contributed by atoms with Crippen molar-refractivity contribution in [2.24, 2.45) is 0 Å². The summed E-state index contributed by atoms with van der Waals surface area (Å²) in [5.41, 5.74) is 5.48. The number of hydrogen-bond donors (Lipinski definition) is 2. The van der Waals surface area contributed by atoms with Crippen molar-refractivity contribution in [1.29, 1.82) is 0 Å². The van der Waals surface area contributed by atoms with Crippen molar-refractivity contribution < 1.29 is 28.1 Å². The van der Waals surface area contributed by atoms with E-state index in [0.29, 0.717) is 23.9 Å². The quantitative estimate of drug-likeness (QED) is 0.220. The van der Waals surface area contributed by atoms with Crippen LogP contribution in [0.4, 0.5) is 10.5 Å². The van der Waals surface area contributed by atoms with Crippen LogP contribution in [0.25, 0.3) is 0 Å². The highest BCUT2D eigenvalue weighted by Crippen LogP contribution is 2.42. The molecule has 0 heterocycles. The largest absolute Gasteiger partial charge is 0.444 e.